The van der Waals surface area contributed by atoms with Crippen molar-refractivity contribution in [3.63, 3.8) is 0 Å². The maximum Gasteiger partial charge on any atom is 0.136 e. The molecule has 0 unspecified atom stereocenters. The van der Waals surface area contributed by atoms with E-state index in [1.54, 1.807) is 6.20 Å². The minimum Gasteiger partial charge on any atom is -0.488 e. The number of hydrogen-bond acceptors (Lipinski definition) is 3. The van der Waals surface area contributed by atoms with Crippen molar-refractivity contribution in [2.75, 3.05) is 9.80 Å². The molecule has 0 fully saturated rings. The van der Waals surface area contributed by atoms with Crippen LogP contribution in [-0.2, 0) is 21.1 Å². The average molecular weight is 890 g/mol. The van der Waals surface area contributed by atoms with Gasteiger partial charge in [-0.3, -0.25) is 0 Å². The Balaban J connectivity index is 0.00000462. The molecule has 1 aliphatic heterocycles. The third-order valence-electron chi connectivity index (χ3n) is 9.77. The van der Waals surface area contributed by atoms with Crippen LogP contribution in [0.3, 0.4) is 0 Å². The van der Waals surface area contributed by atoms with Gasteiger partial charge in [-0.25, -0.2) is 4.98 Å². The molecule has 10 rings (SSSR count). The van der Waals surface area contributed by atoms with E-state index >= 15 is 0 Å². The van der Waals surface area contributed by atoms with Crippen molar-refractivity contribution in [3.05, 3.63) is 235 Å². The van der Waals surface area contributed by atoms with Gasteiger partial charge in [-0.2, -0.15) is 0 Å². The summed E-state index contributed by atoms with van der Waals surface area (Å²) in [6.45, 7) is 2.05. The van der Waals surface area contributed by atoms with Crippen LogP contribution in [0.5, 0.6) is 0 Å². The van der Waals surface area contributed by atoms with Crippen LogP contribution in [0.4, 0.5) is 22.7 Å². The number of pyridine rings is 1. The molecule has 0 spiro atoms. The van der Waals surface area contributed by atoms with E-state index in [0.717, 1.165) is 50.4 Å². The second kappa shape index (κ2) is 14.7. The standard InChI is InChI=1S/C50H33N4.Pt/c1-4-17-36(18-5-1)49(37-19-6-2-7-20-37)50(39-30-31-43-42-25-10-11-26-44(42)54(47(43)34-39)48-29-14-15-32-51-48)38-21-16-24-41(33-38)53-35-52(40-22-8-3-9-23-40)45-27-12-13-28-46(45)53;/h1-32,35H;/q-3;/i1D,4D,5D,17D,18D;/b50-49-;. The predicted molar refractivity (Wildman–Crippen MR) is 222 cm³/mol. The molecule has 1 aliphatic rings. The average Bonchev–Trinajstić information content (AvgIpc) is 3.84. The Bertz CT molecular complexity index is 3070. The zero-order chi connectivity index (χ0) is 40.2. The molecule has 0 bridgehead atoms. The van der Waals surface area contributed by atoms with Gasteiger partial charge in [-0.1, -0.05) is 126 Å². The molecule has 4 nitrogen and oxygen atoms in total. The molecular weight excluding hydrogens is 852 g/mol. The minimum absolute atomic E-state index is 0. The molecule has 0 N–H and O–H groups in total. The number of aromatic nitrogens is 2. The number of para-hydroxylation sites is 4. The summed E-state index contributed by atoms with van der Waals surface area (Å²) in [6, 6.07) is 57.5. The number of fused-ring (bicyclic) bond motifs is 4. The number of benzene rings is 7. The van der Waals surface area contributed by atoms with Gasteiger partial charge >= 0.3 is 0 Å². The summed E-state index contributed by atoms with van der Waals surface area (Å²) in [5.74, 6) is 0.728. The first-order valence-electron chi connectivity index (χ1n) is 20.2. The zero-order valence-electron chi connectivity index (χ0n) is 34.3. The topological polar surface area (TPSA) is 24.3 Å². The molecular formula is C50H33N4Pt-3. The SMILES string of the molecule is [2H]c1c([2H])c([2H])c(/C(=C(\c2[c-]c(N3[CH-]N(c4ccccc4)c4ccccc43)ccc2)c2[c-]c3c(cc2)c2ccccc2n3-c2ccccn2)c2ccccc2)c([2H])c1[2H].[Pt]. The zero-order valence-corrected chi connectivity index (χ0v) is 31.5. The Morgan fingerprint density at radius 1 is 0.545 bits per heavy atom. The molecule has 3 heterocycles. The van der Waals surface area contributed by atoms with Crippen molar-refractivity contribution in [1.29, 1.82) is 0 Å². The molecule has 0 aliphatic carbocycles. The van der Waals surface area contributed by atoms with E-state index in [-0.39, 0.29) is 38.7 Å². The molecule has 7 aromatic carbocycles. The fourth-order valence-electron chi connectivity index (χ4n) is 7.41. The minimum atomic E-state index is -0.453. The third-order valence-corrected chi connectivity index (χ3v) is 9.77. The molecule has 9 aromatic rings. The fraction of sp³-hybridized carbons (Fsp3) is 0. The van der Waals surface area contributed by atoms with Gasteiger partial charge in [-0.05, 0) is 70.1 Å². The number of nitrogens with zero attached hydrogens (tertiary/aromatic N) is 4. The molecule has 5 heteroatoms. The van der Waals surface area contributed by atoms with Crippen molar-refractivity contribution >= 4 is 55.7 Å². The van der Waals surface area contributed by atoms with Crippen LogP contribution < -0.4 is 9.80 Å². The molecule has 0 amide bonds. The predicted octanol–water partition coefficient (Wildman–Crippen LogP) is 12.2. The summed E-state index contributed by atoms with van der Waals surface area (Å²) < 4.78 is 46.7. The van der Waals surface area contributed by atoms with Crippen LogP contribution in [0.1, 0.15) is 29.1 Å². The summed E-state index contributed by atoms with van der Waals surface area (Å²) in [5, 5.41) is 2.01. The largest absolute Gasteiger partial charge is 0.488 e. The first-order chi connectivity index (χ1) is 28.9. The Hall–Kier alpha value is -6.48. The van der Waals surface area contributed by atoms with Gasteiger partial charge in [0, 0.05) is 49.8 Å². The summed E-state index contributed by atoms with van der Waals surface area (Å²) in [7, 11) is 0. The van der Waals surface area contributed by atoms with Gasteiger partial charge in [-0.15, -0.1) is 65.8 Å². The maximum atomic E-state index is 9.29. The van der Waals surface area contributed by atoms with Crippen LogP contribution >= 0.6 is 0 Å². The number of rotatable bonds is 7. The van der Waals surface area contributed by atoms with Crippen LogP contribution in [-0.4, -0.2) is 9.55 Å². The van der Waals surface area contributed by atoms with Crippen molar-refractivity contribution in [3.8, 4) is 5.82 Å². The second-order valence-corrected chi connectivity index (χ2v) is 12.9. The Morgan fingerprint density at radius 3 is 2.02 bits per heavy atom. The Morgan fingerprint density at radius 2 is 1.24 bits per heavy atom. The van der Waals surface area contributed by atoms with Crippen molar-refractivity contribution in [2.45, 2.75) is 0 Å². The number of anilines is 4. The van der Waals surface area contributed by atoms with E-state index < -0.39 is 18.1 Å². The van der Waals surface area contributed by atoms with E-state index in [9.17, 15) is 2.74 Å². The monoisotopic (exact) mass is 889 g/mol. The maximum absolute atomic E-state index is 9.29. The van der Waals surface area contributed by atoms with E-state index in [4.69, 9.17) is 9.10 Å². The first kappa shape index (κ1) is 28.9. The summed E-state index contributed by atoms with van der Waals surface area (Å²) in [4.78, 5) is 8.99. The first-order valence-corrected chi connectivity index (χ1v) is 17.7. The molecule has 55 heavy (non-hydrogen) atoms. The molecule has 266 valence electrons. The Kier molecular flexibility index (Phi) is 7.76. The molecule has 0 saturated heterocycles. The van der Waals surface area contributed by atoms with E-state index in [0.29, 0.717) is 27.8 Å². The van der Waals surface area contributed by atoms with Gasteiger partial charge < -0.3 is 14.4 Å². The van der Waals surface area contributed by atoms with Crippen molar-refractivity contribution in [2.24, 2.45) is 0 Å². The quantitative estimate of drug-likeness (QED) is 0.118. The van der Waals surface area contributed by atoms with Crippen molar-refractivity contribution in [1.82, 2.24) is 9.55 Å². The van der Waals surface area contributed by atoms with E-state index in [2.05, 4.69) is 75.6 Å². The summed E-state index contributed by atoms with van der Waals surface area (Å²) in [6.07, 6.45) is 1.77. The van der Waals surface area contributed by atoms with E-state index in [1.165, 1.54) is 0 Å². The van der Waals surface area contributed by atoms with Crippen LogP contribution in [0.15, 0.2) is 194 Å². The fourth-order valence-corrected chi connectivity index (χ4v) is 7.41. The van der Waals surface area contributed by atoms with Crippen LogP contribution in [0.25, 0.3) is 38.8 Å². The van der Waals surface area contributed by atoms with Gasteiger partial charge in [0.25, 0.3) is 0 Å². The molecule has 0 radical (unpaired) electrons. The van der Waals surface area contributed by atoms with Crippen LogP contribution in [0, 0.1) is 18.8 Å². The molecule has 2 aromatic heterocycles. The molecule has 0 atom stereocenters. The summed E-state index contributed by atoms with van der Waals surface area (Å²) >= 11 is 0. The van der Waals surface area contributed by atoms with Gasteiger partial charge in [0.2, 0.25) is 0 Å². The van der Waals surface area contributed by atoms with E-state index in [1.807, 2.05) is 115 Å². The number of hydrogen-bond donors (Lipinski definition) is 0. The Labute approximate surface area is 342 Å². The second-order valence-electron chi connectivity index (χ2n) is 12.9. The third kappa shape index (κ3) is 6.15. The van der Waals surface area contributed by atoms with Gasteiger partial charge in [0.05, 0.1) is 6.85 Å². The van der Waals surface area contributed by atoms with Crippen molar-refractivity contribution < 1.29 is 27.9 Å². The normalized spacial score (nSPS) is 14.0. The van der Waals surface area contributed by atoms with Gasteiger partial charge in [0.1, 0.15) is 5.82 Å². The molecule has 0 saturated carbocycles. The smallest absolute Gasteiger partial charge is 0.136 e. The van der Waals surface area contributed by atoms with Crippen LogP contribution in [0.2, 0.25) is 0 Å². The summed E-state index contributed by atoms with van der Waals surface area (Å²) in [5.41, 5.74) is 8.61. The van der Waals surface area contributed by atoms with Gasteiger partial charge in [0.15, 0.2) is 0 Å².